The van der Waals surface area contributed by atoms with Crippen molar-refractivity contribution < 1.29 is 0 Å². The number of nitrogens with zero attached hydrogens (tertiary/aromatic N) is 4. The summed E-state index contributed by atoms with van der Waals surface area (Å²) < 4.78 is 4.90. The van der Waals surface area contributed by atoms with Crippen molar-refractivity contribution in [2.45, 2.75) is 25.8 Å². The Kier molecular flexibility index (Phi) is 4.42. The molecule has 104 valence electrons. The third kappa shape index (κ3) is 2.90. The van der Waals surface area contributed by atoms with Crippen LogP contribution in [0.1, 0.15) is 30.0 Å². The molecule has 2 heterocycles. The monoisotopic (exact) mass is 325 g/mol. The molecule has 1 atom stereocenters. The van der Waals surface area contributed by atoms with Gasteiger partial charge in [-0.1, -0.05) is 6.92 Å². The average Bonchev–Trinajstić information content (AvgIpc) is 2.92. The Hall–Kier alpha value is -1.14. The first-order chi connectivity index (χ1) is 9.06. The Bertz CT molecular complexity index is 557. The number of halogens is 1. The fraction of sp³-hybridized carbons (Fsp3) is 0.538. The van der Waals surface area contributed by atoms with Gasteiger partial charge in [0.15, 0.2) is 0 Å². The van der Waals surface area contributed by atoms with Crippen molar-refractivity contribution in [3.63, 3.8) is 0 Å². The molecule has 0 spiro atoms. The number of rotatable bonds is 5. The van der Waals surface area contributed by atoms with E-state index in [1.807, 2.05) is 42.8 Å². The third-order valence-corrected chi connectivity index (χ3v) is 4.26. The molecular weight excluding hydrogens is 306 g/mol. The van der Waals surface area contributed by atoms with E-state index in [1.165, 1.54) is 5.69 Å². The maximum Gasteiger partial charge on any atom is 0.0797 e. The molecule has 1 N–H and O–H groups in total. The van der Waals surface area contributed by atoms with Crippen LogP contribution in [0.5, 0.6) is 0 Å². The normalized spacial score (nSPS) is 12.9. The lowest BCUT2D eigenvalue weighted by Crippen LogP contribution is -2.21. The highest BCUT2D eigenvalue weighted by Gasteiger charge is 2.19. The molecule has 5 nitrogen and oxygen atoms in total. The van der Waals surface area contributed by atoms with E-state index in [0.29, 0.717) is 0 Å². The molecule has 0 fully saturated rings. The first kappa shape index (κ1) is 14.3. The maximum atomic E-state index is 4.53. The van der Waals surface area contributed by atoms with Gasteiger partial charge in [-0.15, -0.1) is 0 Å². The molecule has 0 amide bonds. The van der Waals surface area contributed by atoms with Crippen molar-refractivity contribution in [2.24, 2.45) is 14.1 Å². The Morgan fingerprint density at radius 1 is 1.37 bits per heavy atom. The van der Waals surface area contributed by atoms with Gasteiger partial charge in [0.1, 0.15) is 0 Å². The second-order valence-electron chi connectivity index (χ2n) is 4.64. The van der Waals surface area contributed by atoms with Crippen molar-refractivity contribution in [2.75, 3.05) is 7.05 Å². The Balaban J connectivity index is 2.26. The maximum absolute atomic E-state index is 4.53. The Morgan fingerprint density at radius 2 is 2.11 bits per heavy atom. The van der Waals surface area contributed by atoms with Crippen molar-refractivity contribution in [1.29, 1.82) is 0 Å². The van der Waals surface area contributed by atoms with Gasteiger partial charge in [0.2, 0.25) is 0 Å². The summed E-state index contributed by atoms with van der Waals surface area (Å²) >= 11 is 3.66. The standard InChI is InChI=1S/C13H20BrN5/c1-5-9-13(14)12(19(4)17-9)8-11(15-2)10-6-7-18(3)16-10/h6-7,11,15H,5,8H2,1-4H3. The fourth-order valence-electron chi connectivity index (χ4n) is 2.21. The van der Waals surface area contributed by atoms with Gasteiger partial charge in [-0.3, -0.25) is 9.36 Å². The van der Waals surface area contributed by atoms with Crippen LogP contribution in [0.25, 0.3) is 0 Å². The lowest BCUT2D eigenvalue weighted by Gasteiger charge is -2.14. The summed E-state index contributed by atoms with van der Waals surface area (Å²) in [4.78, 5) is 0. The van der Waals surface area contributed by atoms with Gasteiger partial charge in [0, 0.05) is 26.7 Å². The summed E-state index contributed by atoms with van der Waals surface area (Å²) in [6, 6.07) is 2.24. The van der Waals surface area contributed by atoms with E-state index in [9.17, 15) is 0 Å². The van der Waals surface area contributed by atoms with Gasteiger partial charge in [-0.25, -0.2) is 0 Å². The van der Waals surface area contributed by atoms with Crippen LogP contribution in [-0.4, -0.2) is 26.6 Å². The number of hydrogen-bond donors (Lipinski definition) is 1. The minimum absolute atomic E-state index is 0.192. The van der Waals surface area contributed by atoms with Crippen LogP contribution >= 0.6 is 15.9 Å². The zero-order valence-corrected chi connectivity index (χ0v) is 13.4. The van der Waals surface area contributed by atoms with Crippen molar-refractivity contribution in [3.05, 3.63) is 33.8 Å². The molecule has 2 rings (SSSR count). The molecular formula is C13H20BrN5. The zero-order valence-electron chi connectivity index (χ0n) is 11.8. The fourth-order valence-corrected chi connectivity index (χ4v) is 2.99. The first-order valence-corrected chi connectivity index (χ1v) is 7.23. The van der Waals surface area contributed by atoms with Gasteiger partial charge in [0.05, 0.1) is 27.6 Å². The van der Waals surface area contributed by atoms with Crippen molar-refractivity contribution >= 4 is 15.9 Å². The molecule has 0 saturated carbocycles. The van der Waals surface area contributed by atoms with Gasteiger partial charge in [-0.2, -0.15) is 10.2 Å². The highest BCUT2D eigenvalue weighted by atomic mass is 79.9. The van der Waals surface area contributed by atoms with E-state index < -0.39 is 0 Å². The molecule has 0 aromatic carbocycles. The highest BCUT2D eigenvalue weighted by molar-refractivity contribution is 9.10. The quantitative estimate of drug-likeness (QED) is 0.914. The molecule has 19 heavy (non-hydrogen) atoms. The summed E-state index contributed by atoms with van der Waals surface area (Å²) in [6.45, 7) is 2.12. The first-order valence-electron chi connectivity index (χ1n) is 6.43. The van der Waals surface area contributed by atoms with Crippen LogP contribution in [0.15, 0.2) is 16.7 Å². The van der Waals surface area contributed by atoms with Gasteiger partial charge < -0.3 is 5.32 Å². The molecule has 0 radical (unpaired) electrons. The van der Waals surface area contributed by atoms with E-state index in [-0.39, 0.29) is 6.04 Å². The second kappa shape index (κ2) is 5.88. The molecule has 2 aromatic heterocycles. The van der Waals surface area contributed by atoms with Crippen LogP contribution in [-0.2, 0) is 26.9 Å². The number of aromatic nitrogens is 4. The SMILES string of the molecule is CCc1nn(C)c(CC(NC)c2ccn(C)n2)c1Br. The Labute approximate surface area is 122 Å². The molecule has 1 unspecified atom stereocenters. The van der Waals surface area contributed by atoms with Gasteiger partial charge >= 0.3 is 0 Å². The molecule has 0 aliphatic heterocycles. The minimum Gasteiger partial charge on any atom is -0.311 e. The number of likely N-dealkylation sites (N-methyl/N-ethyl adjacent to an activating group) is 1. The van der Waals surface area contributed by atoms with E-state index in [1.54, 1.807) is 0 Å². The third-order valence-electron chi connectivity index (χ3n) is 3.34. The minimum atomic E-state index is 0.192. The van der Waals surface area contributed by atoms with Crippen LogP contribution in [0.2, 0.25) is 0 Å². The number of nitrogens with one attached hydrogen (secondary N) is 1. The van der Waals surface area contributed by atoms with Crippen LogP contribution < -0.4 is 5.32 Å². The summed E-state index contributed by atoms with van der Waals surface area (Å²) in [5, 5.41) is 12.3. The average molecular weight is 326 g/mol. The van der Waals surface area contributed by atoms with E-state index in [0.717, 1.165) is 28.7 Å². The molecule has 2 aromatic rings. The predicted molar refractivity (Wildman–Crippen MR) is 79.0 cm³/mol. The summed E-state index contributed by atoms with van der Waals surface area (Å²) in [7, 11) is 5.89. The largest absolute Gasteiger partial charge is 0.311 e. The summed E-state index contributed by atoms with van der Waals surface area (Å²) in [5.74, 6) is 0. The van der Waals surface area contributed by atoms with Crippen molar-refractivity contribution in [3.8, 4) is 0 Å². The zero-order chi connectivity index (χ0) is 14.0. The van der Waals surface area contributed by atoms with E-state index >= 15 is 0 Å². The summed E-state index contributed by atoms with van der Waals surface area (Å²) in [5.41, 5.74) is 3.35. The topological polar surface area (TPSA) is 47.7 Å². The highest BCUT2D eigenvalue weighted by Crippen LogP contribution is 2.26. The predicted octanol–water partition coefficient (Wildman–Crippen LogP) is 1.98. The second-order valence-corrected chi connectivity index (χ2v) is 5.44. The summed E-state index contributed by atoms with van der Waals surface area (Å²) in [6.07, 6.45) is 3.76. The van der Waals surface area contributed by atoms with Crippen LogP contribution in [0, 0.1) is 0 Å². The lowest BCUT2D eigenvalue weighted by atomic mass is 10.1. The van der Waals surface area contributed by atoms with Crippen molar-refractivity contribution in [1.82, 2.24) is 24.9 Å². The molecule has 0 aliphatic rings. The number of aryl methyl sites for hydroxylation is 3. The number of hydrogen-bond acceptors (Lipinski definition) is 3. The van der Waals surface area contributed by atoms with Gasteiger partial charge in [-0.05, 0) is 35.5 Å². The molecule has 0 saturated heterocycles. The molecule has 0 bridgehead atoms. The van der Waals surface area contributed by atoms with E-state index in [4.69, 9.17) is 0 Å². The van der Waals surface area contributed by atoms with Gasteiger partial charge in [0.25, 0.3) is 0 Å². The molecule has 6 heteroatoms. The lowest BCUT2D eigenvalue weighted by molar-refractivity contribution is 0.538. The van der Waals surface area contributed by atoms with Crippen LogP contribution in [0.3, 0.4) is 0 Å². The molecule has 0 aliphatic carbocycles. The van der Waals surface area contributed by atoms with Crippen LogP contribution in [0.4, 0.5) is 0 Å². The Morgan fingerprint density at radius 3 is 2.58 bits per heavy atom. The van der Waals surface area contributed by atoms with E-state index in [2.05, 4.69) is 38.4 Å². The smallest absolute Gasteiger partial charge is 0.0797 e.